The van der Waals surface area contributed by atoms with Gasteiger partial charge in [0.15, 0.2) is 5.78 Å². The van der Waals surface area contributed by atoms with E-state index in [1.54, 1.807) is 0 Å². The lowest BCUT2D eigenvalue weighted by Gasteiger charge is -2.36. The van der Waals surface area contributed by atoms with E-state index in [1.165, 1.54) is 0 Å². The molecule has 1 N–H and O–H groups in total. The average molecular weight is 272 g/mol. The fraction of sp³-hybridized carbons (Fsp3) is 0.462. The standard InChI is InChI=1S/C13H14ClNO.ClH/c1-13-5-11(16)12-8(3-2-4-10(12)14)9(13)6-15-7-13;/h2-4,9,15H,5-7H2,1H3;1H/t9-,13-;/m0./s1. The van der Waals surface area contributed by atoms with Crippen molar-refractivity contribution in [3.05, 3.63) is 34.3 Å². The summed E-state index contributed by atoms with van der Waals surface area (Å²) in [6.45, 7) is 4.08. The zero-order valence-electron chi connectivity index (χ0n) is 9.63. The Morgan fingerprint density at radius 3 is 3.00 bits per heavy atom. The second kappa shape index (κ2) is 4.27. The Morgan fingerprint density at radius 2 is 2.24 bits per heavy atom. The molecule has 1 aromatic carbocycles. The van der Waals surface area contributed by atoms with Gasteiger partial charge < -0.3 is 5.32 Å². The highest BCUT2D eigenvalue weighted by Crippen LogP contribution is 2.48. The maximum absolute atomic E-state index is 12.1. The van der Waals surface area contributed by atoms with Gasteiger partial charge in [-0.2, -0.15) is 0 Å². The minimum Gasteiger partial charge on any atom is -0.316 e. The molecule has 1 saturated heterocycles. The quantitative estimate of drug-likeness (QED) is 0.786. The third-order valence-electron chi connectivity index (χ3n) is 3.98. The maximum atomic E-state index is 12.1. The molecule has 2 nitrogen and oxygen atoms in total. The van der Waals surface area contributed by atoms with E-state index in [4.69, 9.17) is 11.6 Å². The molecule has 1 aliphatic heterocycles. The first-order valence-electron chi connectivity index (χ1n) is 5.64. The van der Waals surface area contributed by atoms with Crippen LogP contribution in [0.5, 0.6) is 0 Å². The molecule has 2 atom stereocenters. The molecular formula is C13H15Cl2NO. The van der Waals surface area contributed by atoms with Gasteiger partial charge >= 0.3 is 0 Å². The number of hydrogen-bond acceptors (Lipinski definition) is 2. The molecule has 0 saturated carbocycles. The predicted molar refractivity (Wildman–Crippen MR) is 71.4 cm³/mol. The van der Waals surface area contributed by atoms with Crippen molar-refractivity contribution in [1.82, 2.24) is 5.32 Å². The van der Waals surface area contributed by atoms with Crippen LogP contribution >= 0.6 is 24.0 Å². The van der Waals surface area contributed by atoms with Gasteiger partial charge in [0.05, 0.1) is 5.02 Å². The zero-order chi connectivity index (χ0) is 11.3. The minimum absolute atomic E-state index is 0. The van der Waals surface area contributed by atoms with Crippen LogP contribution in [0.1, 0.15) is 35.2 Å². The van der Waals surface area contributed by atoms with Crippen LogP contribution in [0.25, 0.3) is 0 Å². The number of halogens is 2. The molecule has 92 valence electrons. The molecule has 17 heavy (non-hydrogen) atoms. The highest BCUT2D eigenvalue weighted by molar-refractivity contribution is 6.34. The van der Waals surface area contributed by atoms with E-state index >= 15 is 0 Å². The molecule has 4 heteroatoms. The first kappa shape index (κ1) is 12.9. The summed E-state index contributed by atoms with van der Waals surface area (Å²) in [5.41, 5.74) is 1.97. The number of Topliss-reactive ketones (excluding diaryl/α,β-unsaturated/α-hetero) is 1. The highest BCUT2D eigenvalue weighted by atomic mass is 35.5. The normalized spacial score (nSPS) is 30.5. The Hall–Kier alpha value is -0.570. The SMILES string of the molecule is C[C@]12CNC[C@H]1c1cccc(Cl)c1C(=O)C2.Cl. The number of rotatable bonds is 0. The number of carbonyl (C=O) groups is 1. The highest BCUT2D eigenvalue weighted by Gasteiger charge is 2.46. The predicted octanol–water partition coefficient (Wildman–Crippen LogP) is 3.04. The van der Waals surface area contributed by atoms with Crippen molar-refractivity contribution < 1.29 is 4.79 Å². The van der Waals surface area contributed by atoms with Gasteiger partial charge in [-0.15, -0.1) is 12.4 Å². The van der Waals surface area contributed by atoms with Crippen LogP contribution in [0.4, 0.5) is 0 Å². The Bertz CT molecular complexity index is 474. The number of benzene rings is 1. The number of carbonyl (C=O) groups excluding carboxylic acids is 1. The summed E-state index contributed by atoms with van der Waals surface area (Å²) in [7, 11) is 0. The van der Waals surface area contributed by atoms with Gasteiger partial charge in [-0.1, -0.05) is 30.7 Å². The molecule has 2 aliphatic rings. The summed E-state index contributed by atoms with van der Waals surface area (Å²) in [6, 6.07) is 5.80. The van der Waals surface area contributed by atoms with Gasteiger partial charge in [0.2, 0.25) is 0 Å². The van der Waals surface area contributed by atoms with Crippen molar-refractivity contribution in [1.29, 1.82) is 0 Å². The summed E-state index contributed by atoms with van der Waals surface area (Å²) >= 11 is 6.13. The molecule has 0 radical (unpaired) electrons. The summed E-state index contributed by atoms with van der Waals surface area (Å²) in [5.74, 6) is 0.627. The van der Waals surface area contributed by atoms with Gasteiger partial charge in [-0.25, -0.2) is 0 Å². The largest absolute Gasteiger partial charge is 0.316 e. The third kappa shape index (κ3) is 1.79. The zero-order valence-corrected chi connectivity index (χ0v) is 11.2. The Morgan fingerprint density at radius 1 is 1.47 bits per heavy atom. The fourth-order valence-electron chi connectivity index (χ4n) is 3.12. The third-order valence-corrected chi connectivity index (χ3v) is 4.30. The maximum Gasteiger partial charge on any atom is 0.165 e. The van der Waals surface area contributed by atoms with Crippen LogP contribution in [0, 0.1) is 5.41 Å². The van der Waals surface area contributed by atoms with Gasteiger partial charge in [0.25, 0.3) is 0 Å². The molecule has 1 heterocycles. The number of nitrogens with one attached hydrogen (secondary N) is 1. The second-order valence-electron chi connectivity index (χ2n) is 5.14. The molecule has 1 fully saturated rings. The van der Waals surface area contributed by atoms with Crippen molar-refractivity contribution in [3.8, 4) is 0 Å². The lowest BCUT2D eigenvalue weighted by Crippen LogP contribution is -2.33. The van der Waals surface area contributed by atoms with E-state index in [1.807, 2.05) is 18.2 Å². The van der Waals surface area contributed by atoms with E-state index in [2.05, 4.69) is 12.2 Å². The van der Waals surface area contributed by atoms with E-state index in [0.29, 0.717) is 17.4 Å². The first-order valence-corrected chi connectivity index (χ1v) is 6.02. The minimum atomic E-state index is 0. The van der Waals surface area contributed by atoms with Crippen LogP contribution in [-0.2, 0) is 0 Å². The van der Waals surface area contributed by atoms with Crippen molar-refractivity contribution in [3.63, 3.8) is 0 Å². The molecule has 1 aromatic rings. The van der Waals surface area contributed by atoms with Crippen molar-refractivity contribution >= 4 is 29.8 Å². The van der Waals surface area contributed by atoms with E-state index in [-0.39, 0.29) is 23.6 Å². The van der Waals surface area contributed by atoms with Crippen LogP contribution in [-0.4, -0.2) is 18.9 Å². The summed E-state index contributed by atoms with van der Waals surface area (Å²) in [4.78, 5) is 12.1. The molecule has 0 aromatic heterocycles. The molecular weight excluding hydrogens is 257 g/mol. The molecule has 0 spiro atoms. The molecule has 3 rings (SSSR count). The Labute approximate surface area is 112 Å². The van der Waals surface area contributed by atoms with Crippen molar-refractivity contribution in [2.24, 2.45) is 5.41 Å². The molecule has 0 amide bonds. The Balaban J connectivity index is 0.00000108. The monoisotopic (exact) mass is 271 g/mol. The number of fused-ring (bicyclic) bond motifs is 3. The van der Waals surface area contributed by atoms with Crippen molar-refractivity contribution in [2.45, 2.75) is 19.3 Å². The van der Waals surface area contributed by atoms with Crippen LogP contribution in [0.15, 0.2) is 18.2 Å². The lowest BCUT2D eigenvalue weighted by atomic mass is 9.66. The topological polar surface area (TPSA) is 29.1 Å². The van der Waals surface area contributed by atoms with E-state index < -0.39 is 0 Å². The molecule has 0 bridgehead atoms. The molecule has 1 aliphatic carbocycles. The van der Waals surface area contributed by atoms with Gasteiger partial charge in [-0.05, 0) is 17.0 Å². The van der Waals surface area contributed by atoms with Gasteiger partial charge in [0.1, 0.15) is 0 Å². The Kier molecular flexibility index (Phi) is 3.23. The van der Waals surface area contributed by atoms with Crippen LogP contribution < -0.4 is 5.32 Å². The van der Waals surface area contributed by atoms with Gasteiger partial charge in [-0.3, -0.25) is 4.79 Å². The summed E-state index contributed by atoms with van der Waals surface area (Å²) in [6.07, 6.45) is 0.612. The first-order chi connectivity index (χ1) is 7.62. The van der Waals surface area contributed by atoms with E-state index in [9.17, 15) is 4.79 Å². The van der Waals surface area contributed by atoms with E-state index in [0.717, 1.165) is 24.2 Å². The van der Waals surface area contributed by atoms with Gasteiger partial charge in [0, 0.05) is 31.0 Å². The lowest BCUT2D eigenvalue weighted by molar-refractivity contribution is 0.0898. The molecule has 0 unspecified atom stereocenters. The number of hydrogen-bond donors (Lipinski definition) is 1. The number of ketones is 1. The van der Waals surface area contributed by atoms with Crippen LogP contribution in [0.2, 0.25) is 5.02 Å². The van der Waals surface area contributed by atoms with Crippen molar-refractivity contribution in [2.75, 3.05) is 13.1 Å². The summed E-state index contributed by atoms with van der Waals surface area (Å²) in [5, 5.41) is 4.00. The second-order valence-corrected chi connectivity index (χ2v) is 5.55. The average Bonchev–Trinajstić information content (AvgIpc) is 2.59. The summed E-state index contributed by atoms with van der Waals surface area (Å²) < 4.78 is 0. The smallest absolute Gasteiger partial charge is 0.165 e. The van der Waals surface area contributed by atoms with Crippen LogP contribution in [0.3, 0.4) is 0 Å². The fourth-order valence-corrected chi connectivity index (χ4v) is 3.41.